The van der Waals surface area contributed by atoms with Crippen molar-refractivity contribution in [2.24, 2.45) is 0 Å². The van der Waals surface area contributed by atoms with Crippen LogP contribution in [0.25, 0.3) is 0 Å². The van der Waals surface area contributed by atoms with E-state index in [0.29, 0.717) is 6.61 Å². The maximum absolute atomic E-state index is 11.0. The van der Waals surface area contributed by atoms with Crippen molar-refractivity contribution in [3.63, 3.8) is 0 Å². The lowest BCUT2D eigenvalue weighted by Gasteiger charge is -2.04. The molecule has 0 aromatic rings. The molecule has 0 bridgehead atoms. The van der Waals surface area contributed by atoms with Crippen molar-refractivity contribution < 1.29 is 23.8 Å². The van der Waals surface area contributed by atoms with E-state index in [0.717, 1.165) is 0 Å². The summed E-state index contributed by atoms with van der Waals surface area (Å²) in [7, 11) is 0. The van der Waals surface area contributed by atoms with Gasteiger partial charge in [-0.2, -0.15) is 0 Å². The Labute approximate surface area is 89.0 Å². The van der Waals surface area contributed by atoms with Gasteiger partial charge in [0.15, 0.2) is 0 Å². The van der Waals surface area contributed by atoms with Gasteiger partial charge in [0.2, 0.25) is 0 Å². The molecule has 0 radical (unpaired) electrons. The second-order valence-corrected chi connectivity index (χ2v) is 2.56. The molecule has 0 aromatic heterocycles. The normalized spacial score (nSPS) is 9.13. The molecule has 0 aliphatic rings. The predicted molar refractivity (Wildman–Crippen MR) is 53.0 cm³/mol. The number of carbonyl (C=O) groups excluding carboxylic acids is 2. The first-order chi connectivity index (χ1) is 7.20. The maximum atomic E-state index is 11.0. The summed E-state index contributed by atoms with van der Waals surface area (Å²) in [5.41, 5.74) is 0. The van der Waals surface area contributed by atoms with Crippen LogP contribution in [0.4, 0.5) is 0 Å². The highest BCUT2D eigenvalue weighted by molar-refractivity contribution is 5.77. The van der Waals surface area contributed by atoms with E-state index in [9.17, 15) is 9.59 Å². The summed E-state index contributed by atoms with van der Waals surface area (Å²) in [6, 6.07) is 0. The lowest BCUT2D eigenvalue weighted by atomic mass is 10.3. The van der Waals surface area contributed by atoms with Gasteiger partial charge in [-0.1, -0.05) is 6.58 Å². The third-order valence-corrected chi connectivity index (χ3v) is 1.42. The zero-order chi connectivity index (χ0) is 11.5. The Morgan fingerprint density at radius 2 is 1.73 bits per heavy atom. The lowest BCUT2D eigenvalue weighted by Crippen LogP contribution is -2.12. The fourth-order valence-electron chi connectivity index (χ4n) is 0.796. The number of hydrogen-bond acceptors (Lipinski definition) is 5. The summed E-state index contributed by atoms with van der Waals surface area (Å²) < 4.78 is 14.1. The van der Waals surface area contributed by atoms with Crippen LogP contribution in [-0.2, 0) is 23.8 Å². The van der Waals surface area contributed by atoms with Crippen LogP contribution in [0.15, 0.2) is 12.8 Å². The quantitative estimate of drug-likeness (QED) is 0.344. The van der Waals surface area contributed by atoms with Crippen molar-refractivity contribution in [1.29, 1.82) is 0 Å². The molecule has 86 valence electrons. The molecule has 0 amide bonds. The fraction of sp³-hybridized carbons (Fsp3) is 0.600. The van der Waals surface area contributed by atoms with Crippen LogP contribution < -0.4 is 0 Å². The van der Waals surface area contributed by atoms with Gasteiger partial charge in [0.1, 0.15) is 13.2 Å². The zero-order valence-electron chi connectivity index (χ0n) is 8.86. The van der Waals surface area contributed by atoms with Crippen LogP contribution >= 0.6 is 0 Å². The van der Waals surface area contributed by atoms with E-state index in [1.54, 1.807) is 6.92 Å². The molecule has 5 heteroatoms. The van der Waals surface area contributed by atoms with E-state index in [2.05, 4.69) is 11.3 Å². The van der Waals surface area contributed by atoms with Gasteiger partial charge in [-0.15, -0.1) is 0 Å². The minimum atomic E-state index is -0.435. The van der Waals surface area contributed by atoms with Crippen molar-refractivity contribution >= 4 is 11.9 Å². The monoisotopic (exact) mass is 216 g/mol. The second kappa shape index (κ2) is 9.05. The smallest absolute Gasteiger partial charge is 0.306 e. The second-order valence-electron chi connectivity index (χ2n) is 2.56. The zero-order valence-corrected chi connectivity index (χ0v) is 8.86. The van der Waals surface area contributed by atoms with E-state index < -0.39 is 11.9 Å². The van der Waals surface area contributed by atoms with Gasteiger partial charge in [0.05, 0.1) is 25.7 Å². The van der Waals surface area contributed by atoms with E-state index in [1.807, 2.05) is 0 Å². The molecule has 0 rings (SSSR count). The van der Waals surface area contributed by atoms with Crippen LogP contribution in [0, 0.1) is 0 Å². The summed E-state index contributed by atoms with van der Waals surface area (Å²) >= 11 is 0. The predicted octanol–water partition coefficient (Wildman–Crippen LogP) is 1.03. The van der Waals surface area contributed by atoms with Gasteiger partial charge in [-0.25, -0.2) is 0 Å². The number of carbonyl (C=O) groups is 2. The molecule has 5 nitrogen and oxygen atoms in total. The van der Waals surface area contributed by atoms with E-state index in [-0.39, 0.29) is 26.1 Å². The number of hydrogen-bond donors (Lipinski definition) is 0. The third kappa shape index (κ3) is 8.80. The van der Waals surface area contributed by atoms with E-state index in [1.165, 1.54) is 6.26 Å². The summed E-state index contributed by atoms with van der Waals surface area (Å²) in [6.45, 7) is 5.80. The Morgan fingerprint density at radius 1 is 1.13 bits per heavy atom. The summed E-state index contributed by atoms with van der Waals surface area (Å²) in [6.07, 6.45) is 1.36. The fourth-order valence-corrected chi connectivity index (χ4v) is 0.796. The molecule has 0 heterocycles. The molecule has 0 N–H and O–H groups in total. The highest BCUT2D eigenvalue weighted by Gasteiger charge is 2.07. The first-order valence-corrected chi connectivity index (χ1v) is 4.74. The maximum Gasteiger partial charge on any atom is 0.306 e. The number of rotatable bonds is 8. The molecule has 0 saturated heterocycles. The molecule has 0 saturated carbocycles. The summed E-state index contributed by atoms with van der Waals surface area (Å²) in [5.74, 6) is -0.826. The molecular weight excluding hydrogens is 200 g/mol. The highest BCUT2D eigenvalue weighted by Crippen LogP contribution is 1.95. The highest BCUT2D eigenvalue weighted by atomic mass is 16.6. The molecular formula is C10H16O5. The summed E-state index contributed by atoms with van der Waals surface area (Å²) in [5, 5.41) is 0. The number of esters is 2. The number of ether oxygens (including phenoxy) is 3. The van der Waals surface area contributed by atoms with E-state index in [4.69, 9.17) is 9.47 Å². The Balaban J connectivity index is 3.40. The van der Waals surface area contributed by atoms with Gasteiger partial charge in [-0.3, -0.25) is 9.59 Å². The minimum Gasteiger partial charge on any atom is -0.498 e. The molecule has 0 unspecified atom stereocenters. The third-order valence-electron chi connectivity index (χ3n) is 1.42. The Morgan fingerprint density at radius 3 is 2.27 bits per heavy atom. The minimum absolute atomic E-state index is 0.0346. The first kappa shape index (κ1) is 13.5. The van der Waals surface area contributed by atoms with Crippen LogP contribution in [0.2, 0.25) is 0 Å². The van der Waals surface area contributed by atoms with Crippen molar-refractivity contribution in [3.8, 4) is 0 Å². The van der Waals surface area contributed by atoms with Crippen molar-refractivity contribution in [3.05, 3.63) is 12.8 Å². The SMILES string of the molecule is C=COCCOC(=O)CCC(=O)OCC. The first-order valence-electron chi connectivity index (χ1n) is 4.74. The van der Waals surface area contributed by atoms with Crippen LogP contribution in [-0.4, -0.2) is 31.8 Å². The van der Waals surface area contributed by atoms with Gasteiger partial charge in [0.25, 0.3) is 0 Å². The lowest BCUT2D eigenvalue weighted by molar-refractivity contribution is -0.150. The Hall–Kier alpha value is -1.52. The van der Waals surface area contributed by atoms with Gasteiger partial charge in [-0.05, 0) is 6.92 Å². The van der Waals surface area contributed by atoms with Crippen molar-refractivity contribution in [2.45, 2.75) is 19.8 Å². The van der Waals surface area contributed by atoms with Crippen molar-refractivity contribution in [1.82, 2.24) is 0 Å². The largest absolute Gasteiger partial charge is 0.498 e. The van der Waals surface area contributed by atoms with Crippen molar-refractivity contribution in [2.75, 3.05) is 19.8 Å². The molecule has 0 aliphatic carbocycles. The molecule has 15 heavy (non-hydrogen) atoms. The Bertz CT molecular complexity index is 212. The van der Waals surface area contributed by atoms with Crippen LogP contribution in [0.1, 0.15) is 19.8 Å². The van der Waals surface area contributed by atoms with Gasteiger partial charge in [0, 0.05) is 0 Å². The molecule has 0 atom stereocenters. The standard InChI is InChI=1S/C10H16O5/c1-3-13-7-8-15-10(12)6-5-9(11)14-4-2/h3H,1,4-8H2,2H3. The van der Waals surface area contributed by atoms with Gasteiger partial charge < -0.3 is 14.2 Å². The average Bonchev–Trinajstić information content (AvgIpc) is 2.22. The molecule has 0 fully saturated rings. The van der Waals surface area contributed by atoms with Gasteiger partial charge >= 0.3 is 11.9 Å². The average molecular weight is 216 g/mol. The van der Waals surface area contributed by atoms with Crippen LogP contribution in [0.5, 0.6) is 0 Å². The Kier molecular flexibility index (Phi) is 8.13. The molecule has 0 spiro atoms. The molecule has 0 aliphatic heterocycles. The summed E-state index contributed by atoms with van der Waals surface area (Å²) in [4.78, 5) is 21.9. The molecule has 0 aromatic carbocycles. The van der Waals surface area contributed by atoms with Crippen LogP contribution in [0.3, 0.4) is 0 Å². The topological polar surface area (TPSA) is 61.8 Å². The van der Waals surface area contributed by atoms with E-state index >= 15 is 0 Å².